The summed E-state index contributed by atoms with van der Waals surface area (Å²) in [5.74, 6) is -0.394. The summed E-state index contributed by atoms with van der Waals surface area (Å²) in [6.45, 7) is 3.34. The Bertz CT molecular complexity index is 1060. The number of aliphatic hydroxyl groups excluding tert-OH is 2. The fourth-order valence-corrected chi connectivity index (χ4v) is 6.60. The molecule has 0 spiro atoms. The molecule has 0 aromatic carbocycles. The van der Waals surface area contributed by atoms with Gasteiger partial charge < -0.3 is 24.6 Å². The molecule has 3 N–H and O–H groups in total. The number of carbonyl (C=O) groups is 1. The number of hydrogen-bond acceptors (Lipinski definition) is 8. The minimum absolute atomic E-state index is 0.0365. The lowest BCUT2D eigenvalue weighted by atomic mass is 10.1. The van der Waals surface area contributed by atoms with E-state index in [0.717, 1.165) is 83.5 Å². The Balaban J connectivity index is 4.18. The molecule has 0 rings (SSSR count). The van der Waals surface area contributed by atoms with Crippen molar-refractivity contribution in [3.8, 4) is 0 Å². The van der Waals surface area contributed by atoms with Crippen LogP contribution >= 0.6 is 7.82 Å². The maximum atomic E-state index is 12.6. The van der Waals surface area contributed by atoms with Crippen molar-refractivity contribution in [3.63, 3.8) is 0 Å². The second-order valence-electron chi connectivity index (χ2n) is 14.7. The molecule has 0 aliphatic heterocycles. The van der Waals surface area contributed by atoms with E-state index in [1.807, 2.05) is 0 Å². The van der Waals surface area contributed by atoms with E-state index < -0.39 is 39.2 Å². The highest BCUT2D eigenvalue weighted by Crippen LogP contribution is 2.43. The SMILES string of the molecule is CC/C=C\C/C=C\C/C=C\CCCCCCCCOCC(COP(=O)(O)OCC(O)CO)OC(=O)CCCCCCCCCCC/C=C\C/C=C\CCCCC. The number of hydrogen-bond donors (Lipinski definition) is 3. The van der Waals surface area contributed by atoms with Crippen molar-refractivity contribution in [2.75, 3.05) is 33.0 Å². The number of phosphoric ester groups is 1. The van der Waals surface area contributed by atoms with Crippen LogP contribution in [-0.4, -0.2) is 66.3 Å². The summed E-state index contributed by atoms with van der Waals surface area (Å²) in [5.41, 5.74) is 0. The van der Waals surface area contributed by atoms with Crippen LogP contribution in [0.3, 0.4) is 0 Å². The van der Waals surface area contributed by atoms with Crippen molar-refractivity contribution in [2.24, 2.45) is 0 Å². The molecule has 0 heterocycles. The molecule has 0 saturated heterocycles. The Morgan fingerprint density at radius 1 is 0.571 bits per heavy atom. The standard InChI is InChI=1S/C46H83O9P/c1-3-5-7-9-11-13-15-17-19-21-22-23-24-26-28-30-32-34-36-38-46(49)55-45(43-54-56(50,51)53-41-44(48)40-47)42-52-39-37-35-33-31-29-27-25-20-18-16-14-12-10-8-6-4-2/h6,8,11-14,17-20,44-45,47-48H,3-5,7,9-10,15-16,21-43H2,1-2H3,(H,50,51)/b8-6-,13-11-,14-12-,19-17-,20-18-. The van der Waals surface area contributed by atoms with Gasteiger partial charge in [0.1, 0.15) is 12.2 Å². The first-order chi connectivity index (χ1) is 27.3. The van der Waals surface area contributed by atoms with E-state index in [9.17, 15) is 19.4 Å². The summed E-state index contributed by atoms with van der Waals surface area (Å²) in [4.78, 5) is 22.6. The van der Waals surface area contributed by atoms with Crippen molar-refractivity contribution in [2.45, 2.75) is 193 Å². The molecule has 3 unspecified atom stereocenters. The van der Waals surface area contributed by atoms with Crippen LogP contribution in [-0.2, 0) is 27.9 Å². The highest BCUT2D eigenvalue weighted by Gasteiger charge is 2.26. The summed E-state index contributed by atoms with van der Waals surface area (Å²) >= 11 is 0. The van der Waals surface area contributed by atoms with E-state index in [0.29, 0.717) is 6.61 Å². The van der Waals surface area contributed by atoms with Crippen molar-refractivity contribution in [3.05, 3.63) is 60.8 Å². The topological polar surface area (TPSA) is 132 Å². The number of ether oxygens (including phenoxy) is 2. The van der Waals surface area contributed by atoms with Gasteiger partial charge in [-0.25, -0.2) is 4.57 Å². The highest BCUT2D eigenvalue weighted by atomic mass is 31.2. The summed E-state index contributed by atoms with van der Waals surface area (Å²) in [6, 6.07) is 0. The lowest BCUT2D eigenvalue weighted by molar-refractivity contribution is -0.154. The zero-order valence-corrected chi connectivity index (χ0v) is 36.5. The summed E-state index contributed by atoms with van der Waals surface area (Å²) in [5, 5.41) is 18.4. The second kappa shape index (κ2) is 42.8. The minimum Gasteiger partial charge on any atom is -0.457 e. The molecule has 10 heteroatoms. The molecule has 56 heavy (non-hydrogen) atoms. The van der Waals surface area contributed by atoms with Gasteiger partial charge in [-0.3, -0.25) is 13.8 Å². The van der Waals surface area contributed by atoms with Gasteiger partial charge in [-0.15, -0.1) is 0 Å². The quantitative estimate of drug-likeness (QED) is 0.0239. The molecule has 0 aromatic heterocycles. The summed E-state index contributed by atoms with van der Waals surface area (Å²) < 4.78 is 33.4. The zero-order valence-electron chi connectivity index (χ0n) is 35.6. The normalized spacial score (nSPS) is 14.6. The lowest BCUT2D eigenvalue weighted by Gasteiger charge is -2.20. The molecule has 9 nitrogen and oxygen atoms in total. The van der Waals surface area contributed by atoms with Crippen molar-refractivity contribution >= 4 is 13.8 Å². The van der Waals surface area contributed by atoms with E-state index in [4.69, 9.17) is 23.6 Å². The molecule has 3 atom stereocenters. The van der Waals surface area contributed by atoms with Crippen LogP contribution in [0.4, 0.5) is 0 Å². The van der Waals surface area contributed by atoms with Crippen LogP contribution in [0.2, 0.25) is 0 Å². The number of allylic oxidation sites excluding steroid dienone is 10. The second-order valence-corrected chi connectivity index (χ2v) is 16.1. The molecule has 0 aliphatic rings. The van der Waals surface area contributed by atoms with Crippen molar-refractivity contribution < 1.29 is 43.0 Å². The van der Waals surface area contributed by atoms with Gasteiger partial charge in [0.25, 0.3) is 0 Å². The van der Waals surface area contributed by atoms with E-state index in [-0.39, 0.29) is 19.6 Å². The van der Waals surface area contributed by atoms with Crippen LogP contribution in [0.25, 0.3) is 0 Å². The first kappa shape index (κ1) is 54.2. The zero-order chi connectivity index (χ0) is 41.1. The predicted octanol–water partition coefficient (Wildman–Crippen LogP) is 12.4. The van der Waals surface area contributed by atoms with E-state index in [1.165, 1.54) is 77.0 Å². The predicted molar refractivity (Wildman–Crippen MR) is 233 cm³/mol. The number of esters is 1. The minimum atomic E-state index is -4.53. The molecule has 0 aliphatic carbocycles. The molecule has 0 aromatic rings. The third-order valence-electron chi connectivity index (χ3n) is 9.19. The molecule has 326 valence electrons. The Morgan fingerprint density at radius 3 is 1.54 bits per heavy atom. The number of unbranched alkanes of at least 4 members (excludes halogenated alkanes) is 18. The molecule has 0 radical (unpaired) electrons. The molecule has 0 saturated carbocycles. The Hall–Kier alpha value is -1.84. The Labute approximate surface area is 342 Å². The number of carbonyl (C=O) groups excluding carboxylic acids is 1. The van der Waals surface area contributed by atoms with Gasteiger partial charge in [-0.05, 0) is 77.0 Å². The smallest absolute Gasteiger partial charge is 0.457 e. The van der Waals surface area contributed by atoms with E-state index in [2.05, 4.69) is 74.6 Å². The van der Waals surface area contributed by atoms with Crippen LogP contribution in [0.15, 0.2) is 60.8 Å². The fourth-order valence-electron chi connectivity index (χ4n) is 5.81. The number of rotatable bonds is 42. The van der Waals surface area contributed by atoms with Gasteiger partial charge in [-0.2, -0.15) is 0 Å². The van der Waals surface area contributed by atoms with Gasteiger partial charge in [-0.1, -0.05) is 158 Å². The van der Waals surface area contributed by atoms with Gasteiger partial charge in [0.2, 0.25) is 0 Å². The van der Waals surface area contributed by atoms with Crippen LogP contribution in [0, 0.1) is 0 Å². The number of aliphatic hydroxyl groups is 2. The van der Waals surface area contributed by atoms with Crippen LogP contribution in [0.1, 0.15) is 181 Å². The average molecular weight is 811 g/mol. The van der Waals surface area contributed by atoms with Gasteiger partial charge in [0, 0.05) is 13.0 Å². The maximum Gasteiger partial charge on any atom is 0.472 e. The van der Waals surface area contributed by atoms with Gasteiger partial charge in [0.15, 0.2) is 0 Å². The van der Waals surface area contributed by atoms with E-state index in [1.54, 1.807) is 0 Å². The van der Waals surface area contributed by atoms with Gasteiger partial charge >= 0.3 is 13.8 Å². The highest BCUT2D eigenvalue weighted by molar-refractivity contribution is 7.47. The summed E-state index contributed by atoms with van der Waals surface area (Å²) in [6.07, 6.45) is 48.9. The monoisotopic (exact) mass is 811 g/mol. The number of phosphoric acid groups is 1. The molecule has 0 amide bonds. The van der Waals surface area contributed by atoms with Crippen LogP contribution < -0.4 is 0 Å². The van der Waals surface area contributed by atoms with Crippen molar-refractivity contribution in [1.82, 2.24) is 0 Å². The summed E-state index contributed by atoms with van der Waals surface area (Å²) in [7, 11) is -4.53. The van der Waals surface area contributed by atoms with E-state index >= 15 is 0 Å². The van der Waals surface area contributed by atoms with Gasteiger partial charge in [0.05, 0.1) is 26.4 Å². The first-order valence-electron chi connectivity index (χ1n) is 22.3. The Morgan fingerprint density at radius 2 is 1.02 bits per heavy atom. The maximum absolute atomic E-state index is 12.6. The average Bonchev–Trinajstić information content (AvgIpc) is 3.19. The first-order valence-corrected chi connectivity index (χ1v) is 23.8. The Kier molecular flexibility index (Phi) is 41.4. The fraction of sp³-hybridized carbons (Fsp3) is 0.761. The van der Waals surface area contributed by atoms with Crippen molar-refractivity contribution in [1.29, 1.82) is 0 Å². The largest absolute Gasteiger partial charge is 0.472 e. The lowest BCUT2D eigenvalue weighted by Crippen LogP contribution is -2.29. The molecule has 0 bridgehead atoms. The third-order valence-corrected chi connectivity index (χ3v) is 10.1. The molecular formula is C46H83O9P. The molecular weight excluding hydrogens is 727 g/mol. The molecule has 0 fully saturated rings. The van der Waals surface area contributed by atoms with Crippen LogP contribution in [0.5, 0.6) is 0 Å². The third kappa shape index (κ3) is 41.8.